The van der Waals surface area contributed by atoms with Gasteiger partial charge in [-0.3, -0.25) is 19.2 Å². The molecule has 0 unspecified atom stereocenters. The van der Waals surface area contributed by atoms with Gasteiger partial charge in [0.05, 0.1) is 24.5 Å². The van der Waals surface area contributed by atoms with E-state index in [1.807, 2.05) is 0 Å². The number of cyclic esters (lactones) is 1. The molecule has 1 aromatic carbocycles. The van der Waals surface area contributed by atoms with Crippen molar-refractivity contribution in [2.24, 2.45) is 11.3 Å². The zero-order valence-corrected chi connectivity index (χ0v) is 13.5. The quantitative estimate of drug-likeness (QED) is 0.623. The summed E-state index contributed by atoms with van der Waals surface area (Å²) in [5.41, 5.74) is -1.60. The highest BCUT2D eigenvalue weighted by atomic mass is 16.6. The molecule has 0 saturated carbocycles. The minimum Gasteiger partial charge on any atom is -0.465 e. The fourth-order valence-electron chi connectivity index (χ4n) is 3.84. The van der Waals surface area contributed by atoms with Crippen LogP contribution in [0.1, 0.15) is 27.6 Å². The van der Waals surface area contributed by atoms with E-state index in [4.69, 9.17) is 9.47 Å². The Bertz CT molecular complexity index is 870. The molecule has 2 heterocycles. The number of allylic oxidation sites excluding steroid dienone is 1. The van der Waals surface area contributed by atoms with Gasteiger partial charge in [-0.2, -0.15) is 0 Å². The zero-order chi connectivity index (χ0) is 17.8. The predicted molar refractivity (Wildman–Crippen MR) is 83.6 cm³/mol. The van der Waals surface area contributed by atoms with Gasteiger partial charge >= 0.3 is 11.9 Å². The Morgan fingerprint density at radius 1 is 1.24 bits per heavy atom. The summed E-state index contributed by atoms with van der Waals surface area (Å²) in [6.07, 6.45) is 0. The van der Waals surface area contributed by atoms with E-state index in [0.717, 1.165) is 0 Å². The zero-order valence-electron chi connectivity index (χ0n) is 13.5. The van der Waals surface area contributed by atoms with Gasteiger partial charge in [-0.15, -0.1) is 0 Å². The van der Waals surface area contributed by atoms with Gasteiger partial charge in [-0.1, -0.05) is 24.3 Å². The van der Waals surface area contributed by atoms with Crippen LogP contribution < -0.4 is 5.32 Å². The van der Waals surface area contributed by atoms with Gasteiger partial charge in [0.1, 0.15) is 0 Å². The molecule has 0 amide bonds. The van der Waals surface area contributed by atoms with Crippen molar-refractivity contribution in [2.45, 2.75) is 6.92 Å². The van der Waals surface area contributed by atoms with Crippen molar-refractivity contribution >= 4 is 23.5 Å². The summed E-state index contributed by atoms with van der Waals surface area (Å²) in [6, 6.07) is 6.36. The number of fused-ring (bicyclic) bond motifs is 3. The van der Waals surface area contributed by atoms with E-state index < -0.39 is 34.8 Å². The molecule has 0 radical (unpaired) electrons. The van der Waals surface area contributed by atoms with E-state index in [1.54, 1.807) is 25.1 Å². The van der Waals surface area contributed by atoms with Crippen LogP contribution >= 0.6 is 0 Å². The Hall–Kier alpha value is -2.96. The van der Waals surface area contributed by atoms with E-state index >= 15 is 0 Å². The molecule has 1 N–H and O–H groups in total. The van der Waals surface area contributed by atoms with Crippen LogP contribution in [0.2, 0.25) is 0 Å². The molecule has 0 spiro atoms. The first kappa shape index (κ1) is 15.6. The molecule has 2 aliphatic heterocycles. The number of nitrogens with one attached hydrogen (secondary N) is 1. The van der Waals surface area contributed by atoms with Crippen molar-refractivity contribution in [1.82, 2.24) is 5.32 Å². The molecule has 1 aromatic rings. The largest absolute Gasteiger partial charge is 0.465 e. The maximum absolute atomic E-state index is 13.1. The number of rotatable bonds is 2. The maximum Gasteiger partial charge on any atom is 0.328 e. The number of carbonyl (C=O) groups excluding carboxylic acids is 4. The first-order valence-electron chi connectivity index (χ1n) is 8.05. The SMILES string of the molecule is CCOC(=O)[C@]12C(=O)OC[C@H]1CNC1=C2C(=O)c2ccccc2C1=O. The molecule has 2 atom stereocenters. The Labute approximate surface area is 143 Å². The number of Topliss-reactive ketones (excluding diaryl/α,β-unsaturated/α-hetero) is 2. The second-order valence-corrected chi connectivity index (χ2v) is 6.16. The van der Waals surface area contributed by atoms with Crippen molar-refractivity contribution in [3.63, 3.8) is 0 Å². The van der Waals surface area contributed by atoms with Gasteiger partial charge in [0.2, 0.25) is 11.2 Å². The lowest BCUT2D eigenvalue weighted by Gasteiger charge is -2.38. The summed E-state index contributed by atoms with van der Waals surface area (Å²) in [5.74, 6) is -3.19. The molecule has 0 aromatic heterocycles. The van der Waals surface area contributed by atoms with E-state index in [-0.39, 0.29) is 42.2 Å². The second kappa shape index (κ2) is 5.27. The highest BCUT2D eigenvalue weighted by Crippen LogP contribution is 2.49. The third-order valence-corrected chi connectivity index (χ3v) is 4.99. The second-order valence-electron chi connectivity index (χ2n) is 6.16. The standard InChI is InChI=1S/C18H15NO6/c1-2-24-16(22)18-9(8-25-17(18)23)7-19-13-12(18)14(20)10-5-3-4-6-11(10)15(13)21/h3-6,9,19H,2,7-8H2,1H3/t9-,18+/m1/s1. The fourth-order valence-corrected chi connectivity index (χ4v) is 3.84. The maximum atomic E-state index is 13.1. The molecule has 0 bridgehead atoms. The van der Waals surface area contributed by atoms with Crippen molar-refractivity contribution in [2.75, 3.05) is 19.8 Å². The van der Waals surface area contributed by atoms with Crippen LogP contribution in [0, 0.1) is 11.3 Å². The summed E-state index contributed by atoms with van der Waals surface area (Å²) < 4.78 is 10.2. The lowest BCUT2D eigenvalue weighted by Crippen LogP contribution is -2.55. The van der Waals surface area contributed by atoms with Crippen LogP contribution in [0.4, 0.5) is 0 Å². The molecule has 1 saturated heterocycles. The fraction of sp³-hybridized carbons (Fsp3) is 0.333. The topological polar surface area (TPSA) is 98.8 Å². The van der Waals surface area contributed by atoms with Crippen LogP contribution in [0.15, 0.2) is 35.5 Å². The molecule has 7 heteroatoms. The highest BCUT2D eigenvalue weighted by molar-refractivity contribution is 6.31. The Kier molecular flexibility index (Phi) is 3.28. The minimum absolute atomic E-state index is 0.00754. The number of ether oxygens (including phenoxy) is 2. The summed E-state index contributed by atoms with van der Waals surface area (Å²) in [6.45, 7) is 1.83. The van der Waals surface area contributed by atoms with Crippen LogP contribution in [0.25, 0.3) is 0 Å². The number of esters is 2. The first-order chi connectivity index (χ1) is 12.0. The highest BCUT2D eigenvalue weighted by Gasteiger charge is 2.67. The van der Waals surface area contributed by atoms with E-state index in [1.165, 1.54) is 6.07 Å². The molecular formula is C18H15NO6. The van der Waals surface area contributed by atoms with Crippen molar-refractivity contribution < 1.29 is 28.7 Å². The van der Waals surface area contributed by atoms with Gasteiger partial charge in [-0.05, 0) is 6.92 Å². The Morgan fingerprint density at radius 2 is 1.92 bits per heavy atom. The molecule has 7 nitrogen and oxygen atoms in total. The number of hydrogen-bond acceptors (Lipinski definition) is 7. The normalized spacial score (nSPS) is 27.1. The van der Waals surface area contributed by atoms with Crippen molar-refractivity contribution in [3.05, 3.63) is 46.7 Å². The van der Waals surface area contributed by atoms with Crippen LogP contribution in [-0.2, 0) is 19.1 Å². The van der Waals surface area contributed by atoms with E-state index in [0.29, 0.717) is 0 Å². The number of carbonyl (C=O) groups is 4. The van der Waals surface area contributed by atoms with Crippen molar-refractivity contribution in [3.8, 4) is 0 Å². The lowest BCUT2D eigenvalue weighted by atomic mass is 9.64. The minimum atomic E-state index is -1.88. The van der Waals surface area contributed by atoms with Crippen LogP contribution in [0.5, 0.6) is 0 Å². The summed E-state index contributed by atoms with van der Waals surface area (Å²) in [5, 5.41) is 2.93. The molecule has 128 valence electrons. The van der Waals surface area contributed by atoms with Crippen molar-refractivity contribution in [1.29, 1.82) is 0 Å². The molecule has 4 rings (SSSR count). The number of hydrogen-bond donors (Lipinski definition) is 1. The average molecular weight is 341 g/mol. The molecule has 1 aliphatic carbocycles. The first-order valence-corrected chi connectivity index (χ1v) is 8.05. The summed E-state index contributed by atoms with van der Waals surface area (Å²) >= 11 is 0. The van der Waals surface area contributed by atoms with Crippen LogP contribution in [-0.4, -0.2) is 43.3 Å². The summed E-state index contributed by atoms with van der Waals surface area (Å²) in [7, 11) is 0. The van der Waals surface area contributed by atoms with Gasteiger partial charge < -0.3 is 14.8 Å². The molecular weight excluding hydrogens is 326 g/mol. The smallest absolute Gasteiger partial charge is 0.328 e. The van der Waals surface area contributed by atoms with E-state index in [9.17, 15) is 19.2 Å². The number of ketones is 2. The lowest BCUT2D eigenvalue weighted by molar-refractivity contribution is -0.163. The van der Waals surface area contributed by atoms with E-state index in [2.05, 4.69) is 5.32 Å². The van der Waals surface area contributed by atoms with Gasteiger partial charge in [-0.25, -0.2) is 0 Å². The average Bonchev–Trinajstić information content (AvgIpc) is 2.97. The molecule has 3 aliphatic rings. The van der Waals surface area contributed by atoms with Crippen LogP contribution in [0.3, 0.4) is 0 Å². The molecule has 1 fully saturated rings. The summed E-state index contributed by atoms with van der Waals surface area (Å²) in [4.78, 5) is 51.4. The van der Waals surface area contributed by atoms with Gasteiger partial charge in [0, 0.05) is 23.6 Å². The monoisotopic (exact) mass is 341 g/mol. The Morgan fingerprint density at radius 3 is 2.60 bits per heavy atom. The van der Waals surface area contributed by atoms with Gasteiger partial charge in [0.25, 0.3) is 0 Å². The third-order valence-electron chi connectivity index (χ3n) is 4.99. The Balaban J connectivity index is 1.99. The van der Waals surface area contributed by atoms with Gasteiger partial charge in [0.15, 0.2) is 5.78 Å². The number of benzene rings is 1. The third kappa shape index (κ3) is 1.80. The molecule has 25 heavy (non-hydrogen) atoms. The predicted octanol–water partition coefficient (Wildman–Crippen LogP) is 0.645.